The van der Waals surface area contributed by atoms with E-state index in [0.717, 1.165) is 28.1 Å². The first-order valence-electron chi connectivity index (χ1n) is 11.1. The summed E-state index contributed by atoms with van der Waals surface area (Å²) in [5.74, 6) is 0.116. The Morgan fingerprint density at radius 2 is 2.00 bits per heavy atom. The molecule has 0 bridgehead atoms. The van der Waals surface area contributed by atoms with Gasteiger partial charge in [-0.25, -0.2) is 9.78 Å². The maximum atomic E-state index is 12.4. The van der Waals surface area contributed by atoms with Crippen LogP contribution in [-0.4, -0.2) is 50.0 Å². The third-order valence-electron chi connectivity index (χ3n) is 5.93. The summed E-state index contributed by atoms with van der Waals surface area (Å²) in [7, 11) is 1.64. The number of fused-ring (bicyclic) bond motifs is 1. The number of rotatable bonds is 6. The van der Waals surface area contributed by atoms with Gasteiger partial charge in [-0.3, -0.25) is 5.10 Å². The lowest BCUT2D eigenvalue weighted by molar-refractivity contribution is -0.161. The monoisotopic (exact) mass is 497 g/mol. The van der Waals surface area contributed by atoms with Crippen molar-refractivity contribution in [3.05, 3.63) is 71.9 Å². The molecule has 4 heterocycles. The van der Waals surface area contributed by atoms with Gasteiger partial charge in [0.15, 0.2) is 6.61 Å². The van der Waals surface area contributed by atoms with Gasteiger partial charge in [0.25, 0.3) is 0 Å². The fourth-order valence-corrected chi connectivity index (χ4v) is 4.11. The van der Waals surface area contributed by atoms with Crippen LogP contribution in [0.1, 0.15) is 21.7 Å². The highest BCUT2D eigenvalue weighted by Crippen LogP contribution is 2.27. The van der Waals surface area contributed by atoms with E-state index in [9.17, 15) is 18.0 Å². The highest BCUT2D eigenvalue weighted by Gasteiger charge is 2.31. The van der Waals surface area contributed by atoms with Crippen LogP contribution in [0.15, 0.2) is 55.0 Å². The molecule has 0 aliphatic carbocycles. The average Bonchev–Trinajstić information content (AvgIpc) is 3.51. The van der Waals surface area contributed by atoms with E-state index >= 15 is 0 Å². The summed E-state index contributed by atoms with van der Waals surface area (Å²) < 4.78 is 43.3. The molecule has 3 aromatic heterocycles. The highest BCUT2D eigenvalue weighted by molar-refractivity contribution is 5.88. The molecule has 9 nitrogen and oxygen atoms in total. The number of H-pyrrole nitrogens is 1. The average molecular weight is 497 g/mol. The van der Waals surface area contributed by atoms with Crippen LogP contribution in [0.25, 0.3) is 11.1 Å². The molecule has 0 atom stereocenters. The van der Waals surface area contributed by atoms with Gasteiger partial charge in [0.05, 0.1) is 12.7 Å². The molecule has 2 N–H and O–H groups in total. The Bertz CT molecular complexity index is 1370. The Kier molecular flexibility index (Phi) is 6.08. The number of benzene rings is 1. The lowest BCUT2D eigenvalue weighted by Crippen LogP contribution is -2.32. The number of halogens is 3. The number of nitrogens with one attached hydrogen (secondary N) is 2. The summed E-state index contributed by atoms with van der Waals surface area (Å²) in [5.41, 5.74) is 4.66. The van der Waals surface area contributed by atoms with Gasteiger partial charge in [-0.1, -0.05) is 12.1 Å². The molecule has 0 amide bonds. The first-order valence-corrected chi connectivity index (χ1v) is 11.1. The van der Waals surface area contributed by atoms with Crippen molar-refractivity contribution < 1.29 is 22.7 Å². The molecule has 1 aromatic carbocycles. The van der Waals surface area contributed by atoms with E-state index in [1.165, 1.54) is 0 Å². The zero-order chi connectivity index (χ0) is 25.3. The number of ether oxygens (including phenoxy) is 1. The summed E-state index contributed by atoms with van der Waals surface area (Å²) in [5, 5.41) is 10.0. The topological polar surface area (TPSA) is 101 Å². The molecule has 36 heavy (non-hydrogen) atoms. The van der Waals surface area contributed by atoms with Gasteiger partial charge in [0.1, 0.15) is 11.5 Å². The number of nitrogens with zero attached hydrogens (tertiary/aromatic N) is 5. The number of hydrogen-bond acceptors (Lipinski definition) is 7. The van der Waals surface area contributed by atoms with Crippen molar-refractivity contribution in [2.75, 3.05) is 23.4 Å². The summed E-state index contributed by atoms with van der Waals surface area (Å²) in [6.45, 7) is -0.619. The maximum absolute atomic E-state index is 12.4. The molecule has 12 heteroatoms. The van der Waals surface area contributed by atoms with Crippen molar-refractivity contribution in [2.45, 2.75) is 19.1 Å². The van der Waals surface area contributed by atoms with Crippen LogP contribution in [0.3, 0.4) is 0 Å². The second-order valence-electron chi connectivity index (χ2n) is 8.35. The van der Waals surface area contributed by atoms with E-state index in [1.807, 2.05) is 35.4 Å². The lowest BCUT2D eigenvalue weighted by atomic mass is 10.1. The van der Waals surface area contributed by atoms with E-state index in [1.54, 1.807) is 36.1 Å². The summed E-state index contributed by atoms with van der Waals surface area (Å²) in [6.07, 6.45) is 1.25. The number of aromatic nitrogens is 5. The molecule has 1 aliphatic rings. The predicted molar refractivity (Wildman–Crippen MR) is 126 cm³/mol. The van der Waals surface area contributed by atoms with Gasteiger partial charge in [0.2, 0.25) is 5.95 Å². The van der Waals surface area contributed by atoms with Gasteiger partial charge in [0, 0.05) is 42.9 Å². The molecule has 0 saturated heterocycles. The van der Waals surface area contributed by atoms with Crippen LogP contribution in [0, 0.1) is 0 Å². The van der Waals surface area contributed by atoms with Crippen LogP contribution in [-0.2, 0) is 24.8 Å². The van der Waals surface area contributed by atoms with Crippen LogP contribution in [0.2, 0.25) is 0 Å². The van der Waals surface area contributed by atoms with Crippen molar-refractivity contribution in [2.24, 2.45) is 7.05 Å². The minimum absolute atomic E-state index is 0.0845. The summed E-state index contributed by atoms with van der Waals surface area (Å²) in [6, 6.07) is 11.2. The zero-order valence-electron chi connectivity index (χ0n) is 19.2. The number of carbonyl (C=O) groups is 1. The molecular weight excluding hydrogens is 475 g/mol. The molecular formula is C24H22F3N7O2. The Morgan fingerprint density at radius 1 is 1.19 bits per heavy atom. The van der Waals surface area contributed by atoms with Crippen molar-refractivity contribution in [3.63, 3.8) is 0 Å². The predicted octanol–water partition coefficient (Wildman–Crippen LogP) is 4.23. The fraction of sp³-hybridized carbons (Fsp3) is 0.250. The number of alkyl halides is 3. The highest BCUT2D eigenvalue weighted by atomic mass is 19.4. The Balaban J connectivity index is 1.28. The number of esters is 1. The van der Waals surface area contributed by atoms with Crippen molar-refractivity contribution in [1.29, 1.82) is 0 Å². The molecule has 186 valence electrons. The quantitative estimate of drug-likeness (QED) is 0.385. The normalized spacial score (nSPS) is 13.4. The van der Waals surface area contributed by atoms with Crippen LogP contribution < -0.4 is 10.2 Å². The lowest BCUT2D eigenvalue weighted by Gasteiger charge is -2.28. The van der Waals surface area contributed by atoms with E-state index in [0.29, 0.717) is 31.3 Å². The zero-order valence-corrected chi connectivity index (χ0v) is 19.2. The molecule has 4 aromatic rings. The number of anilines is 3. The van der Waals surface area contributed by atoms with Crippen molar-refractivity contribution in [1.82, 2.24) is 24.7 Å². The molecule has 0 spiro atoms. The molecule has 0 radical (unpaired) electrons. The van der Waals surface area contributed by atoms with E-state index in [2.05, 4.69) is 30.2 Å². The largest absolute Gasteiger partial charge is 0.451 e. The summed E-state index contributed by atoms with van der Waals surface area (Å²) >= 11 is 0. The Morgan fingerprint density at radius 3 is 2.72 bits per heavy atom. The van der Waals surface area contributed by atoms with Gasteiger partial charge >= 0.3 is 12.1 Å². The summed E-state index contributed by atoms with van der Waals surface area (Å²) in [4.78, 5) is 23.2. The minimum atomic E-state index is -4.57. The third-order valence-corrected chi connectivity index (χ3v) is 5.93. The van der Waals surface area contributed by atoms with E-state index in [4.69, 9.17) is 0 Å². The SMILES string of the molecule is Cn1c(C(=O)OCC(F)(F)F)cc2c1CN(c1nccc(Nc3ccc(-c4cn[nH]c4)cc3)n1)CC2. The van der Waals surface area contributed by atoms with Gasteiger partial charge < -0.3 is 19.5 Å². The molecule has 1 aliphatic heterocycles. The van der Waals surface area contributed by atoms with Crippen molar-refractivity contribution >= 4 is 23.4 Å². The van der Waals surface area contributed by atoms with Gasteiger partial charge in [-0.05, 0) is 41.8 Å². The van der Waals surface area contributed by atoms with Gasteiger partial charge in [-0.2, -0.15) is 23.3 Å². The first kappa shape index (κ1) is 23.4. The number of carbonyl (C=O) groups excluding carboxylic acids is 1. The Labute approximate surface area is 203 Å². The second-order valence-corrected chi connectivity index (χ2v) is 8.35. The number of hydrogen-bond donors (Lipinski definition) is 2. The smallest absolute Gasteiger partial charge is 0.422 e. The van der Waals surface area contributed by atoms with Crippen LogP contribution >= 0.6 is 0 Å². The van der Waals surface area contributed by atoms with E-state index in [-0.39, 0.29) is 5.69 Å². The van der Waals surface area contributed by atoms with Crippen molar-refractivity contribution in [3.8, 4) is 11.1 Å². The minimum Gasteiger partial charge on any atom is -0.451 e. The first-order chi connectivity index (χ1) is 17.3. The van der Waals surface area contributed by atoms with Crippen LogP contribution in [0.4, 0.5) is 30.6 Å². The standard InChI is InChI=1S/C24H22F3N7O2/c1-33-19(22(35)36-14-24(25,26)27)10-16-7-9-34(13-20(16)33)23-28-8-6-21(32-23)31-18-4-2-15(3-5-18)17-11-29-30-12-17/h2-6,8,10-12H,7,9,13-14H2,1H3,(H,29,30)(H,28,31,32). The fourth-order valence-electron chi connectivity index (χ4n) is 4.11. The Hall–Kier alpha value is -4.35. The molecule has 0 saturated carbocycles. The van der Waals surface area contributed by atoms with Gasteiger partial charge in [-0.15, -0.1) is 0 Å². The second kappa shape index (κ2) is 9.36. The van der Waals surface area contributed by atoms with Crippen LogP contribution in [0.5, 0.6) is 0 Å². The number of aromatic amines is 1. The molecule has 5 rings (SSSR count). The molecule has 0 fully saturated rings. The van der Waals surface area contributed by atoms with E-state index < -0.39 is 18.8 Å². The molecule has 0 unspecified atom stereocenters. The maximum Gasteiger partial charge on any atom is 0.422 e. The third kappa shape index (κ3) is 5.02.